The molecule has 0 fully saturated rings. The van der Waals surface area contributed by atoms with E-state index >= 15 is 0 Å². The molecular formula is C15H15BrN4O. The Bertz CT molecular complexity index is 756. The zero-order chi connectivity index (χ0) is 14.7. The van der Waals surface area contributed by atoms with Gasteiger partial charge < -0.3 is 10.4 Å². The molecule has 0 aliphatic rings. The second kappa shape index (κ2) is 6.34. The first-order valence-corrected chi connectivity index (χ1v) is 7.42. The quantitative estimate of drug-likeness (QED) is 0.743. The third-order valence-corrected chi connectivity index (χ3v) is 3.66. The molecule has 2 N–H and O–H groups in total. The Morgan fingerprint density at radius 3 is 2.86 bits per heavy atom. The molecule has 0 saturated carbocycles. The van der Waals surface area contributed by atoms with Crippen molar-refractivity contribution in [1.29, 1.82) is 0 Å². The maximum atomic E-state index is 9.14. The van der Waals surface area contributed by atoms with Gasteiger partial charge in [0, 0.05) is 19.3 Å². The first-order chi connectivity index (χ1) is 10.3. The fourth-order valence-corrected chi connectivity index (χ4v) is 2.53. The standard InChI is InChI=1S/C15H15BrN4O/c16-14-9-20-13(7-19-15(20)8-18-14)6-17-5-11-2-1-3-12(4-11)10-21/h1-4,7-9,17,21H,5-6,10H2. The number of rotatable bonds is 5. The number of imidazole rings is 1. The zero-order valence-corrected chi connectivity index (χ0v) is 12.9. The van der Waals surface area contributed by atoms with E-state index in [0.29, 0.717) is 6.54 Å². The molecule has 6 heteroatoms. The summed E-state index contributed by atoms with van der Waals surface area (Å²) in [6, 6.07) is 7.92. The van der Waals surface area contributed by atoms with Crippen LogP contribution in [0.25, 0.3) is 5.65 Å². The van der Waals surface area contributed by atoms with Crippen LogP contribution in [-0.2, 0) is 19.7 Å². The highest BCUT2D eigenvalue weighted by Gasteiger charge is 2.04. The molecule has 5 nitrogen and oxygen atoms in total. The normalized spacial score (nSPS) is 11.1. The molecule has 1 aromatic carbocycles. The highest BCUT2D eigenvalue weighted by molar-refractivity contribution is 9.10. The topological polar surface area (TPSA) is 62.5 Å². The molecule has 0 bridgehead atoms. The van der Waals surface area contributed by atoms with E-state index in [1.54, 1.807) is 6.20 Å². The van der Waals surface area contributed by atoms with Gasteiger partial charge in [0.05, 0.1) is 24.7 Å². The summed E-state index contributed by atoms with van der Waals surface area (Å²) in [4.78, 5) is 8.48. The van der Waals surface area contributed by atoms with Gasteiger partial charge >= 0.3 is 0 Å². The van der Waals surface area contributed by atoms with Crippen LogP contribution in [0.1, 0.15) is 16.8 Å². The number of aromatic nitrogens is 3. The molecule has 0 radical (unpaired) electrons. The monoisotopic (exact) mass is 346 g/mol. The van der Waals surface area contributed by atoms with Crippen molar-refractivity contribution in [3.63, 3.8) is 0 Å². The van der Waals surface area contributed by atoms with Gasteiger partial charge in [0.1, 0.15) is 4.60 Å². The lowest BCUT2D eigenvalue weighted by atomic mass is 10.1. The maximum absolute atomic E-state index is 9.14. The number of nitrogens with zero attached hydrogens (tertiary/aromatic N) is 3. The number of halogens is 1. The minimum absolute atomic E-state index is 0.0716. The van der Waals surface area contributed by atoms with Crippen LogP contribution in [0.2, 0.25) is 0 Å². The second-order valence-corrected chi connectivity index (χ2v) is 5.58. The summed E-state index contributed by atoms with van der Waals surface area (Å²) < 4.78 is 2.79. The predicted octanol–water partition coefficient (Wildman–Crippen LogP) is 2.27. The van der Waals surface area contributed by atoms with E-state index in [9.17, 15) is 0 Å². The van der Waals surface area contributed by atoms with Gasteiger partial charge in [-0.25, -0.2) is 9.97 Å². The number of benzene rings is 1. The second-order valence-electron chi connectivity index (χ2n) is 4.77. The van der Waals surface area contributed by atoms with Crippen LogP contribution in [-0.4, -0.2) is 19.5 Å². The van der Waals surface area contributed by atoms with Gasteiger partial charge in [0.15, 0.2) is 5.65 Å². The fourth-order valence-electron chi connectivity index (χ4n) is 2.22. The average Bonchev–Trinajstić information content (AvgIpc) is 2.90. The molecule has 0 amide bonds. The van der Waals surface area contributed by atoms with E-state index in [-0.39, 0.29) is 6.61 Å². The van der Waals surface area contributed by atoms with Crippen LogP contribution in [0, 0.1) is 0 Å². The molecule has 2 heterocycles. The van der Waals surface area contributed by atoms with Crippen LogP contribution in [0.15, 0.2) is 47.5 Å². The van der Waals surface area contributed by atoms with Gasteiger partial charge in [-0.2, -0.15) is 0 Å². The number of aliphatic hydroxyl groups is 1. The first kappa shape index (κ1) is 14.2. The minimum Gasteiger partial charge on any atom is -0.392 e. The number of nitrogens with one attached hydrogen (secondary N) is 1. The fraction of sp³-hybridized carbons (Fsp3) is 0.200. The lowest BCUT2D eigenvalue weighted by Gasteiger charge is -2.06. The lowest BCUT2D eigenvalue weighted by molar-refractivity contribution is 0.281. The third kappa shape index (κ3) is 3.29. The predicted molar refractivity (Wildman–Crippen MR) is 83.6 cm³/mol. The molecule has 0 saturated heterocycles. The summed E-state index contributed by atoms with van der Waals surface area (Å²) in [5.41, 5.74) is 3.99. The number of aliphatic hydroxyl groups excluding tert-OH is 1. The van der Waals surface area contributed by atoms with Crippen molar-refractivity contribution in [2.24, 2.45) is 0 Å². The third-order valence-electron chi connectivity index (χ3n) is 3.25. The molecule has 108 valence electrons. The summed E-state index contributed by atoms with van der Waals surface area (Å²) in [5, 5.41) is 12.5. The number of fused-ring (bicyclic) bond motifs is 1. The average molecular weight is 347 g/mol. The van der Waals surface area contributed by atoms with Gasteiger partial charge in [-0.3, -0.25) is 4.40 Å². The van der Waals surface area contributed by atoms with Gasteiger partial charge in [0.25, 0.3) is 0 Å². The summed E-state index contributed by atoms with van der Waals surface area (Å²) >= 11 is 3.37. The summed E-state index contributed by atoms with van der Waals surface area (Å²) in [6.07, 6.45) is 5.49. The van der Waals surface area contributed by atoms with Crippen molar-refractivity contribution in [3.8, 4) is 0 Å². The molecule has 3 aromatic rings. The van der Waals surface area contributed by atoms with E-state index < -0.39 is 0 Å². The van der Waals surface area contributed by atoms with Gasteiger partial charge in [-0.05, 0) is 27.1 Å². The Kier molecular flexibility index (Phi) is 4.28. The minimum atomic E-state index is 0.0716. The summed E-state index contributed by atoms with van der Waals surface area (Å²) in [6.45, 7) is 1.52. The molecule has 0 spiro atoms. The summed E-state index contributed by atoms with van der Waals surface area (Å²) in [7, 11) is 0. The van der Waals surface area contributed by atoms with Crippen LogP contribution in [0.3, 0.4) is 0 Å². The van der Waals surface area contributed by atoms with Crippen LogP contribution < -0.4 is 5.32 Å². The highest BCUT2D eigenvalue weighted by atomic mass is 79.9. The van der Waals surface area contributed by atoms with Crippen LogP contribution in [0.5, 0.6) is 0 Å². The SMILES string of the molecule is OCc1cccc(CNCc2cnc3cnc(Br)cn23)c1. The number of hydrogen-bond acceptors (Lipinski definition) is 4. The lowest BCUT2D eigenvalue weighted by Crippen LogP contribution is -2.14. The van der Waals surface area contributed by atoms with E-state index in [0.717, 1.165) is 33.6 Å². The van der Waals surface area contributed by atoms with Crippen molar-refractivity contribution < 1.29 is 5.11 Å². The molecule has 2 aromatic heterocycles. The molecular weight excluding hydrogens is 332 g/mol. The van der Waals surface area contributed by atoms with E-state index in [4.69, 9.17) is 5.11 Å². The smallest absolute Gasteiger partial charge is 0.155 e. The molecule has 21 heavy (non-hydrogen) atoms. The Morgan fingerprint density at radius 2 is 2.00 bits per heavy atom. The molecule has 0 aliphatic heterocycles. The van der Waals surface area contributed by atoms with E-state index in [1.165, 1.54) is 0 Å². The largest absolute Gasteiger partial charge is 0.392 e. The first-order valence-electron chi connectivity index (χ1n) is 6.63. The Balaban J connectivity index is 1.67. The number of hydrogen-bond donors (Lipinski definition) is 2. The van der Waals surface area contributed by atoms with Crippen LogP contribution >= 0.6 is 15.9 Å². The molecule has 0 atom stereocenters. The maximum Gasteiger partial charge on any atom is 0.155 e. The Hall–Kier alpha value is -1.76. The molecule has 0 unspecified atom stereocenters. The highest BCUT2D eigenvalue weighted by Crippen LogP contribution is 2.11. The van der Waals surface area contributed by atoms with Crippen LogP contribution in [0.4, 0.5) is 0 Å². The zero-order valence-electron chi connectivity index (χ0n) is 11.3. The van der Waals surface area contributed by atoms with Crippen molar-refractivity contribution in [2.75, 3.05) is 0 Å². The van der Waals surface area contributed by atoms with Gasteiger partial charge in [-0.15, -0.1) is 0 Å². The van der Waals surface area contributed by atoms with Crippen molar-refractivity contribution in [2.45, 2.75) is 19.7 Å². The van der Waals surface area contributed by atoms with E-state index in [1.807, 2.05) is 41.1 Å². The van der Waals surface area contributed by atoms with Gasteiger partial charge in [-0.1, -0.05) is 24.3 Å². The Labute approximate surface area is 130 Å². The van der Waals surface area contributed by atoms with Gasteiger partial charge in [0.2, 0.25) is 0 Å². The van der Waals surface area contributed by atoms with E-state index in [2.05, 4.69) is 31.2 Å². The van der Waals surface area contributed by atoms with Crippen molar-refractivity contribution >= 4 is 21.6 Å². The Morgan fingerprint density at radius 1 is 1.14 bits per heavy atom. The molecule has 0 aliphatic carbocycles. The van der Waals surface area contributed by atoms with Crippen molar-refractivity contribution in [1.82, 2.24) is 19.7 Å². The summed E-state index contributed by atoms with van der Waals surface area (Å²) in [5.74, 6) is 0. The molecule has 3 rings (SSSR count). The van der Waals surface area contributed by atoms with Crippen molar-refractivity contribution in [3.05, 3.63) is 64.3 Å².